The number of hydrogen-bond donors (Lipinski definition) is 1. The molecule has 2 aromatic carbocycles. The molecule has 0 saturated carbocycles. The van der Waals surface area contributed by atoms with Crippen molar-refractivity contribution in [3.8, 4) is 11.5 Å². The lowest BCUT2D eigenvalue weighted by atomic mass is 10.2. The molecule has 4 nitrogen and oxygen atoms in total. The van der Waals surface area contributed by atoms with Gasteiger partial charge in [-0.25, -0.2) is 0 Å². The maximum Gasteiger partial charge on any atom is 0.175 e. The Morgan fingerprint density at radius 1 is 1.11 bits per heavy atom. The SMILES string of the molecule is COCCCNCc1cc(Br)c(OCc2ccc(Cl)cc2Cl)c(OC)c1.Cl. The number of benzene rings is 2. The number of halogens is 4. The molecule has 150 valence electrons. The molecule has 2 rings (SSSR count). The van der Waals surface area contributed by atoms with Crippen molar-refractivity contribution in [1.82, 2.24) is 5.32 Å². The summed E-state index contributed by atoms with van der Waals surface area (Å²) in [5.74, 6) is 1.31. The lowest BCUT2D eigenvalue weighted by Crippen LogP contribution is -2.16. The van der Waals surface area contributed by atoms with Crippen LogP contribution in [0.15, 0.2) is 34.8 Å². The molecule has 8 heteroatoms. The van der Waals surface area contributed by atoms with E-state index in [0.717, 1.165) is 41.7 Å². The minimum absolute atomic E-state index is 0. The summed E-state index contributed by atoms with van der Waals surface area (Å²) < 4.78 is 17.3. The summed E-state index contributed by atoms with van der Waals surface area (Å²) >= 11 is 15.7. The summed E-state index contributed by atoms with van der Waals surface area (Å²) in [4.78, 5) is 0. The van der Waals surface area contributed by atoms with Crippen molar-refractivity contribution in [2.75, 3.05) is 27.4 Å². The highest BCUT2D eigenvalue weighted by Gasteiger charge is 2.13. The summed E-state index contributed by atoms with van der Waals surface area (Å²) in [5, 5.41) is 4.55. The average Bonchev–Trinajstić information content (AvgIpc) is 2.61. The lowest BCUT2D eigenvalue weighted by Gasteiger charge is -2.15. The molecule has 0 saturated heterocycles. The highest BCUT2D eigenvalue weighted by molar-refractivity contribution is 9.10. The van der Waals surface area contributed by atoms with E-state index in [9.17, 15) is 0 Å². The van der Waals surface area contributed by atoms with E-state index in [0.29, 0.717) is 28.2 Å². The third kappa shape index (κ3) is 7.68. The molecule has 0 aliphatic carbocycles. The third-order valence-electron chi connectivity index (χ3n) is 3.71. The topological polar surface area (TPSA) is 39.7 Å². The molecule has 1 N–H and O–H groups in total. The van der Waals surface area contributed by atoms with Crippen LogP contribution in [-0.4, -0.2) is 27.4 Å². The first-order valence-corrected chi connectivity index (χ1v) is 9.72. The van der Waals surface area contributed by atoms with Crippen molar-refractivity contribution in [2.24, 2.45) is 0 Å². The largest absolute Gasteiger partial charge is 0.493 e. The van der Waals surface area contributed by atoms with Crippen molar-refractivity contribution in [3.63, 3.8) is 0 Å². The Hall–Kier alpha value is -0.690. The Labute approximate surface area is 185 Å². The van der Waals surface area contributed by atoms with Gasteiger partial charge in [0.2, 0.25) is 0 Å². The van der Waals surface area contributed by atoms with Gasteiger partial charge in [-0.2, -0.15) is 0 Å². The molecule has 0 amide bonds. The van der Waals surface area contributed by atoms with Gasteiger partial charge in [0, 0.05) is 35.9 Å². The molecule has 0 aliphatic rings. The Bertz CT molecular complexity index is 732. The predicted octanol–water partition coefficient (Wildman–Crippen LogP) is 5.89. The van der Waals surface area contributed by atoms with E-state index in [1.54, 1.807) is 26.4 Å². The van der Waals surface area contributed by atoms with E-state index in [4.69, 9.17) is 37.4 Å². The minimum atomic E-state index is 0. The van der Waals surface area contributed by atoms with Gasteiger partial charge in [-0.1, -0.05) is 29.3 Å². The van der Waals surface area contributed by atoms with Crippen LogP contribution in [-0.2, 0) is 17.9 Å². The number of ether oxygens (including phenoxy) is 3. The highest BCUT2D eigenvalue weighted by atomic mass is 79.9. The molecule has 0 aromatic heterocycles. The van der Waals surface area contributed by atoms with Crippen LogP contribution in [0.2, 0.25) is 10.0 Å². The van der Waals surface area contributed by atoms with Crippen molar-refractivity contribution in [1.29, 1.82) is 0 Å². The van der Waals surface area contributed by atoms with Gasteiger partial charge < -0.3 is 19.5 Å². The van der Waals surface area contributed by atoms with Gasteiger partial charge in [-0.3, -0.25) is 0 Å². The molecule has 0 radical (unpaired) electrons. The summed E-state index contributed by atoms with van der Waals surface area (Å²) in [6.07, 6.45) is 0.970. The van der Waals surface area contributed by atoms with Gasteiger partial charge in [0.25, 0.3) is 0 Å². The third-order valence-corrected chi connectivity index (χ3v) is 4.88. The quantitative estimate of drug-likeness (QED) is 0.414. The monoisotopic (exact) mass is 497 g/mol. The van der Waals surface area contributed by atoms with E-state index in [1.807, 2.05) is 18.2 Å². The molecule has 0 bridgehead atoms. The van der Waals surface area contributed by atoms with E-state index in [-0.39, 0.29) is 12.4 Å². The number of rotatable bonds is 10. The van der Waals surface area contributed by atoms with Crippen molar-refractivity contribution in [2.45, 2.75) is 19.6 Å². The van der Waals surface area contributed by atoms with Crippen molar-refractivity contribution in [3.05, 3.63) is 56.0 Å². The summed E-state index contributed by atoms with van der Waals surface area (Å²) in [7, 11) is 3.33. The molecule has 27 heavy (non-hydrogen) atoms. The zero-order valence-electron chi connectivity index (χ0n) is 15.2. The first-order chi connectivity index (χ1) is 12.5. The molecule has 0 aliphatic heterocycles. The van der Waals surface area contributed by atoms with Crippen LogP contribution in [0.4, 0.5) is 0 Å². The van der Waals surface area contributed by atoms with Crippen LogP contribution < -0.4 is 14.8 Å². The van der Waals surface area contributed by atoms with Crippen LogP contribution >= 0.6 is 51.5 Å². The molecule has 0 spiro atoms. The van der Waals surface area contributed by atoms with Gasteiger partial charge >= 0.3 is 0 Å². The first-order valence-electron chi connectivity index (χ1n) is 8.18. The summed E-state index contributed by atoms with van der Waals surface area (Å²) in [5.41, 5.74) is 1.96. The number of hydrogen-bond acceptors (Lipinski definition) is 4. The molecule has 0 atom stereocenters. The number of methoxy groups -OCH3 is 2. The summed E-state index contributed by atoms with van der Waals surface area (Å²) in [6.45, 7) is 2.70. The van der Waals surface area contributed by atoms with Crippen LogP contribution in [0.3, 0.4) is 0 Å². The lowest BCUT2D eigenvalue weighted by molar-refractivity contribution is 0.194. The highest BCUT2D eigenvalue weighted by Crippen LogP contribution is 2.37. The second-order valence-corrected chi connectivity index (χ2v) is 7.35. The predicted molar refractivity (Wildman–Crippen MR) is 117 cm³/mol. The van der Waals surface area contributed by atoms with E-state index in [2.05, 4.69) is 21.2 Å². The standard InChI is InChI=1S/C19H22BrCl2NO3.ClH/c1-24-7-3-6-23-11-13-8-16(20)19(18(9-13)25-2)26-12-14-4-5-15(21)10-17(14)22;/h4-5,8-10,23H,3,6-7,11-12H2,1-2H3;1H. The maximum absolute atomic E-state index is 6.20. The average molecular weight is 500 g/mol. The molecule has 0 unspecified atom stereocenters. The second-order valence-electron chi connectivity index (χ2n) is 5.66. The summed E-state index contributed by atoms with van der Waals surface area (Å²) in [6, 6.07) is 9.32. The maximum atomic E-state index is 6.20. The number of nitrogens with one attached hydrogen (secondary N) is 1. The molecule has 2 aromatic rings. The minimum Gasteiger partial charge on any atom is -0.493 e. The Kier molecular flexibility index (Phi) is 11.5. The van der Waals surface area contributed by atoms with Gasteiger partial charge in [-0.15, -0.1) is 12.4 Å². The van der Waals surface area contributed by atoms with Crippen molar-refractivity contribution < 1.29 is 14.2 Å². The fraction of sp³-hybridized carbons (Fsp3) is 0.368. The Balaban J connectivity index is 0.00000364. The van der Waals surface area contributed by atoms with Gasteiger partial charge in [0.1, 0.15) is 6.61 Å². The second kappa shape index (κ2) is 12.7. The zero-order valence-corrected chi connectivity index (χ0v) is 19.1. The zero-order chi connectivity index (χ0) is 18.9. The van der Waals surface area contributed by atoms with Crippen LogP contribution in [0.5, 0.6) is 11.5 Å². The fourth-order valence-electron chi connectivity index (χ4n) is 2.38. The molecular weight excluding hydrogens is 476 g/mol. The van der Waals surface area contributed by atoms with E-state index >= 15 is 0 Å². The van der Waals surface area contributed by atoms with E-state index in [1.165, 1.54) is 0 Å². The molecular formula is C19H23BrCl3NO3. The van der Waals surface area contributed by atoms with Crippen LogP contribution in [0.25, 0.3) is 0 Å². The normalized spacial score (nSPS) is 10.4. The van der Waals surface area contributed by atoms with Crippen LogP contribution in [0.1, 0.15) is 17.5 Å². The molecule has 0 fully saturated rings. The van der Waals surface area contributed by atoms with E-state index < -0.39 is 0 Å². The van der Waals surface area contributed by atoms with Crippen LogP contribution in [0, 0.1) is 0 Å². The Morgan fingerprint density at radius 3 is 2.56 bits per heavy atom. The Morgan fingerprint density at radius 2 is 1.89 bits per heavy atom. The van der Waals surface area contributed by atoms with Crippen molar-refractivity contribution >= 4 is 51.5 Å². The molecule has 0 heterocycles. The van der Waals surface area contributed by atoms with Gasteiger partial charge in [0.15, 0.2) is 11.5 Å². The van der Waals surface area contributed by atoms with Gasteiger partial charge in [0.05, 0.1) is 11.6 Å². The first kappa shape index (κ1) is 24.3. The fourth-order valence-corrected chi connectivity index (χ4v) is 3.45. The van der Waals surface area contributed by atoms with Gasteiger partial charge in [-0.05, 0) is 58.7 Å². The smallest absolute Gasteiger partial charge is 0.175 e.